The van der Waals surface area contributed by atoms with E-state index in [0.29, 0.717) is 16.8 Å². The van der Waals surface area contributed by atoms with Gasteiger partial charge in [0.15, 0.2) is 5.78 Å². The van der Waals surface area contributed by atoms with E-state index in [1.807, 2.05) is 19.1 Å². The molecular weight excluding hydrogens is 280 g/mol. The van der Waals surface area contributed by atoms with Gasteiger partial charge >= 0.3 is 0 Å². The van der Waals surface area contributed by atoms with Gasteiger partial charge in [-0.1, -0.05) is 29.8 Å². The summed E-state index contributed by atoms with van der Waals surface area (Å²) in [5, 5.41) is 11.9. The number of Topliss-reactive ketones (excluding diaryl/α,β-unsaturated/α-hetero) is 1. The Morgan fingerprint density at radius 1 is 1.14 bits per heavy atom. The van der Waals surface area contributed by atoms with Crippen LogP contribution in [0.1, 0.15) is 34.3 Å². The third-order valence-corrected chi connectivity index (χ3v) is 3.31. The van der Waals surface area contributed by atoms with Crippen LogP contribution >= 0.6 is 0 Å². The van der Waals surface area contributed by atoms with E-state index in [0.717, 1.165) is 5.56 Å². The Balaban J connectivity index is 1.90. The minimum Gasteiger partial charge on any atom is -0.392 e. The number of hydrogen-bond acceptors (Lipinski definition) is 4. The molecule has 0 bridgehead atoms. The maximum atomic E-state index is 12.0. The van der Waals surface area contributed by atoms with E-state index in [9.17, 15) is 14.7 Å². The van der Waals surface area contributed by atoms with Crippen molar-refractivity contribution in [3.63, 3.8) is 0 Å². The highest BCUT2D eigenvalue weighted by Crippen LogP contribution is 2.14. The third-order valence-electron chi connectivity index (χ3n) is 3.31. The van der Waals surface area contributed by atoms with Crippen molar-refractivity contribution in [2.45, 2.75) is 26.4 Å². The second kappa shape index (κ2) is 7.47. The zero-order chi connectivity index (χ0) is 15.9. The first-order valence-electron chi connectivity index (χ1n) is 7.03. The lowest BCUT2D eigenvalue weighted by Crippen LogP contribution is -2.15. The fourth-order valence-electron chi connectivity index (χ4n) is 2.00. The third kappa shape index (κ3) is 4.23. The Morgan fingerprint density at radius 3 is 2.55 bits per heavy atom. The van der Waals surface area contributed by atoms with Crippen molar-refractivity contribution in [3.05, 3.63) is 59.4 Å². The van der Waals surface area contributed by atoms with Crippen LogP contribution in [0.25, 0.3) is 0 Å². The van der Waals surface area contributed by atoms with Gasteiger partial charge in [-0.05, 0) is 13.0 Å². The Kier molecular flexibility index (Phi) is 5.38. The van der Waals surface area contributed by atoms with Crippen molar-refractivity contribution < 1.29 is 14.7 Å². The highest BCUT2D eigenvalue weighted by Gasteiger charge is 2.11. The number of carbonyl (C=O) groups excluding carboxylic acids is 2. The van der Waals surface area contributed by atoms with Crippen molar-refractivity contribution in [3.8, 4) is 0 Å². The normalized spacial score (nSPS) is 10.3. The number of benzene rings is 1. The van der Waals surface area contributed by atoms with Gasteiger partial charge < -0.3 is 10.4 Å². The summed E-state index contributed by atoms with van der Waals surface area (Å²) in [6, 6.07) is 8.90. The molecule has 1 aromatic carbocycles. The van der Waals surface area contributed by atoms with Gasteiger partial charge in [-0.2, -0.15) is 0 Å². The van der Waals surface area contributed by atoms with Gasteiger partial charge in [0, 0.05) is 30.2 Å². The van der Waals surface area contributed by atoms with Crippen LogP contribution in [0.3, 0.4) is 0 Å². The van der Waals surface area contributed by atoms with E-state index in [1.165, 1.54) is 6.20 Å². The Hall–Kier alpha value is -2.53. The number of hydrogen-bond donors (Lipinski definition) is 2. The largest absolute Gasteiger partial charge is 0.392 e. The summed E-state index contributed by atoms with van der Waals surface area (Å²) in [5.74, 6) is -0.341. The predicted octanol–water partition coefficient (Wildman–Crippen LogP) is 2.48. The van der Waals surface area contributed by atoms with Gasteiger partial charge in [0.1, 0.15) is 0 Å². The van der Waals surface area contributed by atoms with Gasteiger partial charge in [-0.15, -0.1) is 0 Å². The molecule has 0 aliphatic carbocycles. The molecule has 0 saturated heterocycles. The Labute approximate surface area is 129 Å². The second-order valence-corrected chi connectivity index (χ2v) is 5.03. The number of rotatable bonds is 6. The second-order valence-electron chi connectivity index (χ2n) is 5.03. The first-order valence-corrected chi connectivity index (χ1v) is 7.03. The average Bonchev–Trinajstić information content (AvgIpc) is 2.54. The lowest BCUT2D eigenvalue weighted by molar-refractivity contribution is -0.116. The van der Waals surface area contributed by atoms with Crippen LogP contribution < -0.4 is 5.32 Å². The molecule has 0 spiro atoms. The quantitative estimate of drug-likeness (QED) is 0.803. The van der Waals surface area contributed by atoms with Gasteiger partial charge in [0.05, 0.1) is 18.5 Å². The lowest BCUT2D eigenvalue weighted by atomic mass is 10.0. The SMILES string of the molecule is Cc1ccc(C(=O)CCC(=O)Nc2cnccc2CO)cc1. The number of nitrogens with one attached hydrogen (secondary N) is 1. The zero-order valence-corrected chi connectivity index (χ0v) is 12.4. The monoisotopic (exact) mass is 298 g/mol. The summed E-state index contributed by atoms with van der Waals surface area (Å²) in [4.78, 5) is 27.8. The number of pyridine rings is 1. The van der Waals surface area contributed by atoms with Crippen LogP contribution in [0.2, 0.25) is 0 Å². The van der Waals surface area contributed by atoms with E-state index >= 15 is 0 Å². The minimum atomic E-state index is -0.275. The number of anilines is 1. The molecule has 0 fully saturated rings. The number of amides is 1. The molecule has 114 valence electrons. The number of ketones is 1. The molecule has 1 heterocycles. The molecule has 0 unspecified atom stereocenters. The van der Waals surface area contributed by atoms with E-state index in [2.05, 4.69) is 10.3 Å². The predicted molar refractivity (Wildman–Crippen MR) is 83.5 cm³/mol. The van der Waals surface area contributed by atoms with Crippen LogP contribution in [0, 0.1) is 6.92 Å². The molecule has 1 amide bonds. The number of aliphatic hydroxyl groups is 1. The highest BCUT2D eigenvalue weighted by atomic mass is 16.3. The maximum absolute atomic E-state index is 12.0. The fourth-order valence-corrected chi connectivity index (χ4v) is 2.00. The van der Waals surface area contributed by atoms with Gasteiger partial charge in [-0.25, -0.2) is 0 Å². The number of aliphatic hydroxyl groups excluding tert-OH is 1. The number of aromatic nitrogens is 1. The van der Waals surface area contributed by atoms with E-state index in [4.69, 9.17) is 0 Å². The summed E-state index contributed by atoms with van der Waals surface area (Å²) in [6.07, 6.45) is 3.25. The van der Waals surface area contributed by atoms with Gasteiger partial charge in [0.2, 0.25) is 5.91 Å². The van der Waals surface area contributed by atoms with Crippen molar-refractivity contribution in [2.75, 3.05) is 5.32 Å². The average molecular weight is 298 g/mol. The van der Waals surface area contributed by atoms with Crippen LogP contribution in [-0.2, 0) is 11.4 Å². The van der Waals surface area contributed by atoms with Crippen LogP contribution in [0.5, 0.6) is 0 Å². The molecule has 5 heteroatoms. The molecule has 5 nitrogen and oxygen atoms in total. The highest BCUT2D eigenvalue weighted by molar-refractivity contribution is 6.00. The number of aryl methyl sites for hydroxylation is 1. The standard InChI is InChI=1S/C17H18N2O3/c1-12-2-4-13(5-3-12)16(21)6-7-17(22)19-15-10-18-9-8-14(15)11-20/h2-5,8-10,20H,6-7,11H2,1H3,(H,19,22). The van der Waals surface area contributed by atoms with E-state index < -0.39 is 0 Å². The first-order chi connectivity index (χ1) is 10.6. The number of carbonyl (C=O) groups is 2. The van der Waals surface area contributed by atoms with Crippen LogP contribution in [0.4, 0.5) is 5.69 Å². The van der Waals surface area contributed by atoms with E-state index in [1.54, 1.807) is 24.4 Å². The Bertz CT molecular complexity index is 666. The molecule has 0 atom stereocenters. The summed E-state index contributed by atoms with van der Waals surface area (Å²) in [5.41, 5.74) is 2.75. The molecule has 2 N–H and O–H groups in total. The van der Waals surface area contributed by atoms with Gasteiger partial charge in [-0.3, -0.25) is 14.6 Å². The minimum absolute atomic E-state index is 0.0660. The van der Waals surface area contributed by atoms with Crippen molar-refractivity contribution in [1.29, 1.82) is 0 Å². The summed E-state index contributed by atoms with van der Waals surface area (Å²) >= 11 is 0. The zero-order valence-electron chi connectivity index (χ0n) is 12.4. The van der Waals surface area contributed by atoms with E-state index in [-0.39, 0.29) is 31.1 Å². The maximum Gasteiger partial charge on any atom is 0.224 e. The molecule has 22 heavy (non-hydrogen) atoms. The summed E-state index contributed by atoms with van der Waals surface area (Å²) in [6.45, 7) is 1.77. The first kappa shape index (κ1) is 15.9. The Morgan fingerprint density at radius 2 is 1.86 bits per heavy atom. The number of nitrogens with zero attached hydrogens (tertiary/aromatic N) is 1. The summed E-state index contributed by atoms with van der Waals surface area (Å²) < 4.78 is 0. The molecular formula is C17H18N2O3. The lowest BCUT2D eigenvalue weighted by Gasteiger charge is -2.08. The summed E-state index contributed by atoms with van der Waals surface area (Å²) in [7, 11) is 0. The van der Waals surface area contributed by atoms with Crippen molar-refractivity contribution in [1.82, 2.24) is 4.98 Å². The van der Waals surface area contributed by atoms with Crippen LogP contribution in [0.15, 0.2) is 42.7 Å². The molecule has 0 aliphatic heterocycles. The van der Waals surface area contributed by atoms with Crippen LogP contribution in [-0.4, -0.2) is 21.8 Å². The molecule has 2 rings (SSSR count). The molecule has 1 aromatic heterocycles. The van der Waals surface area contributed by atoms with Crippen molar-refractivity contribution >= 4 is 17.4 Å². The molecule has 2 aromatic rings. The fraction of sp³-hybridized carbons (Fsp3) is 0.235. The molecule has 0 saturated carbocycles. The van der Waals surface area contributed by atoms with Crippen molar-refractivity contribution in [2.24, 2.45) is 0 Å². The smallest absolute Gasteiger partial charge is 0.224 e. The topological polar surface area (TPSA) is 79.3 Å². The molecule has 0 radical (unpaired) electrons. The molecule has 0 aliphatic rings. The van der Waals surface area contributed by atoms with Gasteiger partial charge in [0.25, 0.3) is 0 Å².